The molecule has 0 heterocycles. The third kappa shape index (κ3) is 5.10. The molecule has 0 atom stereocenters. The third-order valence-electron chi connectivity index (χ3n) is 3.53. The Morgan fingerprint density at radius 1 is 0.962 bits per heavy atom. The van der Waals surface area contributed by atoms with Crippen molar-refractivity contribution in [1.82, 2.24) is 0 Å². The molecule has 0 aliphatic carbocycles. The normalized spacial score (nSPS) is 11.1. The van der Waals surface area contributed by atoms with Crippen molar-refractivity contribution in [3.63, 3.8) is 0 Å². The minimum absolute atomic E-state index is 0.322. The maximum atomic E-state index is 6.23. The molecular weight excluding hydrogens is 501 g/mol. The Bertz CT molecular complexity index is 946. The van der Waals surface area contributed by atoms with Gasteiger partial charge in [-0.1, -0.05) is 63.4 Å². The van der Waals surface area contributed by atoms with E-state index in [1.807, 2.05) is 48.5 Å². The van der Waals surface area contributed by atoms with Gasteiger partial charge in [-0.05, 0) is 52.3 Å². The summed E-state index contributed by atoms with van der Waals surface area (Å²) in [6.45, 7) is 0.322. The number of ether oxygens (including phenoxy) is 1. The predicted molar refractivity (Wildman–Crippen MR) is 116 cm³/mol. The monoisotopic (exact) mass is 511 g/mol. The van der Waals surface area contributed by atoms with Gasteiger partial charge in [0.25, 0.3) is 0 Å². The van der Waals surface area contributed by atoms with Crippen molar-refractivity contribution in [1.29, 1.82) is 0 Å². The molecule has 0 spiro atoms. The molecule has 0 saturated heterocycles. The van der Waals surface area contributed by atoms with Gasteiger partial charge < -0.3 is 4.74 Å². The Labute approximate surface area is 179 Å². The van der Waals surface area contributed by atoms with E-state index < -0.39 is 0 Å². The van der Waals surface area contributed by atoms with E-state index >= 15 is 0 Å². The summed E-state index contributed by atoms with van der Waals surface area (Å²) in [7, 11) is 0. The van der Waals surface area contributed by atoms with Crippen LogP contribution >= 0.6 is 55.1 Å². The molecule has 0 unspecified atom stereocenters. The van der Waals surface area contributed by atoms with Gasteiger partial charge >= 0.3 is 0 Å². The van der Waals surface area contributed by atoms with Crippen LogP contribution in [0.4, 0.5) is 5.69 Å². The summed E-state index contributed by atoms with van der Waals surface area (Å²) in [5.74, 6) is 0.693. The average molecular weight is 514 g/mol. The molecule has 3 aromatic rings. The first-order valence-corrected chi connectivity index (χ1v) is 10.0. The van der Waals surface area contributed by atoms with Crippen molar-refractivity contribution in [2.75, 3.05) is 0 Å². The summed E-state index contributed by atoms with van der Waals surface area (Å²) >= 11 is 19.2. The maximum absolute atomic E-state index is 6.23. The van der Waals surface area contributed by atoms with E-state index in [0.29, 0.717) is 22.4 Å². The lowest BCUT2D eigenvalue weighted by molar-refractivity contribution is 0.304. The molecule has 0 amide bonds. The van der Waals surface area contributed by atoms with Crippen LogP contribution in [0, 0.1) is 0 Å². The van der Waals surface area contributed by atoms with Crippen LogP contribution in [0.25, 0.3) is 0 Å². The van der Waals surface area contributed by atoms with Crippen LogP contribution in [0.15, 0.2) is 74.6 Å². The second-order valence-corrected chi connectivity index (χ2v) is 8.04. The lowest BCUT2D eigenvalue weighted by atomic mass is 10.2. The van der Waals surface area contributed by atoms with E-state index in [0.717, 1.165) is 25.8 Å². The fourth-order valence-electron chi connectivity index (χ4n) is 2.28. The zero-order valence-corrected chi connectivity index (χ0v) is 18.1. The number of benzene rings is 3. The Morgan fingerprint density at radius 3 is 2.46 bits per heavy atom. The van der Waals surface area contributed by atoms with E-state index in [1.54, 1.807) is 18.3 Å². The summed E-state index contributed by atoms with van der Waals surface area (Å²) in [6.07, 6.45) is 1.78. The number of hydrogen-bond acceptors (Lipinski definition) is 2. The van der Waals surface area contributed by atoms with E-state index in [9.17, 15) is 0 Å². The molecule has 132 valence electrons. The Balaban J connectivity index is 1.87. The van der Waals surface area contributed by atoms with E-state index in [-0.39, 0.29) is 0 Å². The van der Waals surface area contributed by atoms with E-state index in [1.165, 1.54) is 0 Å². The number of nitrogens with zero attached hydrogens (tertiary/aromatic N) is 1. The third-order valence-corrected chi connectivity index (χ3v) is 5.17. The van der Waals surface area contributed by atoms with Gasteiger partial charge in [0.1, 0.15) is 12.4 Å². The van der Waals surface area contributed by atoms with E-state index in [2.05, 4.69) is 36.9 Å². The van der Waals surface area contributed by atoms with Gasteiger partial charge in [-0.15, -0.1) is 0 Å². The molecule has 2 nitrogen and oxygen atoms in total. The molecule has 0 radical (unpaired) electrons. The van der Waals surface area contributed by atoms with Gasteiger partial charge in [0.15, 0.2) is 0 Å². The molecule has 0 aliphatic rings. The highest BCUT2D eigenvalue weighted by Gasteiger charge is 2.11. The van der Waals surface area contributed by atoms with Crippen LogP contribution in [0.5, 0.6) is 5.75 Å². The summed E-state index contributed by atoms with van der Waals surface area (Å²) < 4.78 is 7.78. The van der Waals surface area contributed by atoms with Gasteiger partial charge in [0.2, 0.25) is 0 Å². The number of aliphatic imine (C=N–C) groups is 1. The molecule has 26 heavy (non-hydrogen) atoms. The Hall–Kier alpha value is -1.33. The quantitative estimate of drug-likeness (QED) is 0.318. The second kappa shape index (κ2) is 9.05. The maximum Gasteiger partial charge on any atom is 0.142 e. The Kier molecular flexibility index (Phi) is 6.76. The molecule has 0 bridgehead atoms. The van der Waals surface area contributed by atoms with Crippen LogP contribution in [-0.2, 0) is 6.61 Å². The standard InChI is InChI=1S/C20H13Br2Cl2NO/c21-15-8-14(11-25-17-4-2-1-3-5-17)20(18(22)9-15)26-12-13-6-7-16(23)10-19(13)24/h1-11H,12H2. The molecule has 3 rings (SSSR count). The molecular formula is C20H13Br2Cl2NO. The first kappa shape index (κ1) is 19.4. The molecule has 0 saturated carbocycles. The molecule has 0 N–H and O–H groups in total. The fraction of sp³-hybridized carbons (Fsp3) is 0.0500. The van der Waals surface area contributed by atoms with Crippen molar-refractivity contribution < 1.29 is 4.74 Å². The molecule has 0 aromatic heterocycles. The second-order valence-electron chi connectivity index (χ2n) is 5.42. The van der Waals surface area contributed by atoms with E-state index in [4.69, 9.17) is 27.9 Å². The predicted octanol–water partition coefficient (Wildman–Crippen LogP) is 7.85. The number of rotatable bonds is 5. The number of halogens is 4. The molecule has 0 aliphatic heterocycles. The Morgan fingerprint density at radius 2 is 1.73 bits per heavy atom. The van der Waals surface area contributed by atoms with Crippen LogP contribution in [0.1, 0.15) is 11.1 Å². The van der Waals surface area contributed by atoms with Gasteiger partial charge in [-0.2, -0.15) is 0 Å². The lowest BCUT2D eigenvalue weighted by Crippen LogP contribution is -2.00. The summed E-state index contributed by atoms with van der Waals surface area (Å²) in [5.41, 5.74) is 2.58. The minimum Gasteiger partial charge on any atom is -0.487 e. The van der Waals surface area contributed by atoms with Crippen molar-refractivity contribution in [3.8, 4) is 5.75 Å². The van der Waals surface area contributed by atoms with Crippen molar-refractivity contribution in [3.05, 3.63) is 90.8 Å². The van der Waals surface area contributed by atoms with Crippen LogP contribution < -0.4 is 4.74 Å². The van der Waals surface area contributed by atoms with Crippen molar-refractivity contribution in [2.45, 2.75) is 6.61 Å². The summed E-state index contributed by atoms with van der Waals surface area (Å²) in [6, 6.07) is 19.0. The number of para-hydroxylation sites is 1. The molecule has 3 aromatic carbocycles. The largest absolute Gasteiger partial charge is 0.487 e. The smallest absolute Gasteiger partial charge is 0.142 e. The highest BCUT2D eigenvalue weighted by Crippen LogP contribution is 2.33. The van der Waals surface area contributed by atoms with Gasteiger partial charge in [0, 0.05) is 31.9 Å². The molecule has 6 heteroatoms. The first-order valence-electron chi connectivity index (χ1n) is 7.68. The van der Waals surface area contributed by atoms with Crippen LogP contribution in [-0.4, -0.2) is 6.21 Å². The zero-order chi connectivity index (χ0) is 18.5. The SMILES string of the molecule is Clc1ccc(COc2c(Br)cc(Br)cc2C=Nc2ccccc2)c(Cl)c1. The fourth-order valence-corrected chi connectivity index (χ4v) is 4.11. The van der Waals surface area contributed by atoms with Crippen LogP contribution in [0.3, 0.4) is 0 Å². The van der Waals surface area contributed by atoms with Gasteiger partial charge in [-0.3, -0.25) is 4.99 Å². The topological polar surface area (TPSA) is 21.6 Å². The summed E-state index contributed by atoms with van der Waals surface area (Å²) in [4.78, 5) is 4.51. The molecule has 0 fully saturated rings. The highest BCUT2D eigenvalue weighted by atomic mass is 79.9. The highest BCUT2D eigenvalue weighted by molar-refractivity contribution is 9.11. The van der Waals surface area contributed by atoms with Crippen LogP contribution in [0.2, 0.25) is 10.0 Å². The van der Waals surface area contributed by atoms with Gasteiger partial charge in [0.05, 0.1) is 10.2 Å². The zero-order valence-electron chi connectivity index (χ0n) is 13.4. The van der Waals surface area contributed by atoms with Crippen molar-refractivity contribution in [2.24, 2.45) is 4.99 Å². The summed E-state index contributed by atoms with van der Waals surface area (Å²) in [5, 5.41) is 1.17. The minimum atomic E-state index is 0.322. The van der Waals surface area contributed by atoms with Gasteiger partial charge in [-0.25, -0.2) is 0 Å². The van der Waals surface area contributed by atoms with Crippen molar-refractivity contribution >= 4 is 67.0 Å². The average Bonchev–Trinajstić information content (AvgIpc) is 2.61. The first-order chi connectivity index (χ1) is 12.5. The lowest BCUT2D eigenvalue weighted by Gasteiger charge is -2.13. The number of hydrogen-bond donors (Lipinski definition) is 0.